The van der Waals surface area contributed by atoms with Crippen LogP contribution in [0, 0.1) is 0 Å². The molecule has 0 fully saturated rings. The van der Waals surface area contributed by atoms with E-state index in [2.05, 4.69) is 194 Å². The lowest BCUT2D eigenvalue weighted by Crippen LogP contribution is -2.14. The Morgan fingerprint density at radius 3 is 1.89 bits per heavy atom. The highest BCUT2D eigenvalue weighted by Crippen LogP contribution is 2.53. The third kappa shape index (κ3) is 4.48. The van der Waals surface area contributed by atoms with E-state index in [1.165, 1.54) is 49.4 Å². The van der Waals surface area contributed by atoms with Crippen LogP contribution in [0.15, 0.2) is 176 Å². The summed E-state index contributed by atoms with van der Waals surface area (Å²) < 4.78 is 2.26. The second-order valence-corrected chi connectivity index (χ2v) is 15.0. The van der Waals surface area contributed by atoms with Crippen molar-refractivity contribution in [3.05, 3.63) is 187 Å². The lowest BCUT2D eigenvalue weighted by atomic mass is 9.81. The fourth-order valence-corrected chi connectivity index (χ4v) is 9.01. The molecule has 11 rings (SSSR count). The summed E-state index contributed by atoms with van der Waals surface area (Å²) in [5.74, 6) is 0.658. The number of nitrogens with zero attached hydrogens (tertiary/aromatic N) is 3. The van der Waals surface area contributed by atoms with Crippen molar-refractivity contribution < 1.29 is 0 Å². The van der Waals surface area contributed by atoms with Gasteiger partial charge in [0.1, 0.15) is 0 Å². The zero-order valence-electron chi connectivity index (χ0n) is 30.1. The molecule has 10 aromatic rings. The second kappa shape index (κ2) is 11.6. The number of hydrogen-bond donors (Lipinski definition) is 0. The van der Waals surface area contributed by atoms with Gasteiger partial charge in [0.25, 0.3) is 0 Å². The van der Waals surface area contributed by atoms with Gasteiger partial charge in [0, 0.05) is 27.1 Å². The first-order chi connectivity index (χ1) is 26.5. The van der Waals surface area contributed by atoms with Crippen molar-refractivity contribution in [2.75, 3.05) is 0 Å². The third-order valence-corrected chi connectivity index (χ3v) is 11.6. The largest absolute Gasteiger partial charge is 0.278 e. The molecule has 0 N–H and O–H groups in total. The van der Waals surface area contributed by atoms with Gasteiger partial charge in [0.05, 0.1) is 22.2 Å². The number of para-hydroxylation sites is 1. The van der Waals surface area contributed by atoms with E-state index in [1.807, 2.05) is 0 Å². The van der Waals surface area contributed by atoms with Gasteiger partial charge < -0.3 is 0 Å². The van der Waals surface area contributed by atoms with Crippen LogP contribution in [0.5, 0.6) is 0 Å². The fraction of sp³-hybridized carbons (Fsp3) is 0.0588. The average Bonchev–Trinajstić information content (AvgIpc) is 3.67. The minimum absolute atomic E-state index is 0.109. The Morgan fingerprint density at radius 1 is 0.426 bits per heavy atom. The van der Waals surface area contributed by atoms with Gasteiger partial charge in [-0.05, 0) is 85.6 Å². The van der Waals surface area contributed by atoms with Crippen LogP contribution in [-0.4, -0.2) is 14.5 Å². The summed E-state index contributed by atoms with van der Waals surface area (Å²) in [5.41, 5.74) is 15.0. The lowest BCUT2D eigenvalue weighted by molar-refractivity contribution is 0.660. The van der Waals surface area contributed by atoms with Gasteiger partial charge in [-0.3, -0.25) is 4.57 Å². The molecule has 0 radical (unpaired) electrons. The van der Waals surface area contributed by atoms with E-state index in [0.717, 1.165) is 49.9 Å². The van der Waals surface area contributed by atoms with Crippen molar-refractivity contribution in [2.24, 2.45) is 0 Å². The van der Waals surface area contributed by atoms with Crippen LogP contribution in [0.4, 0.5) is 0 Å². The summed E-state index contributed by atoms with van der Waals surface area (Å²) in [7, 11) is 0. The second-order valence-electron chi connectivity index (χ2n) is 15.0. The van der Waals surface area contributed by atoms with Crippen molar-refractivity contribution in [1.82, 2.24) is 14.5 Å². The molecule has 0 saturated carbocycles. The third-order valence-electron chi connectivity index (χ3n) is 11.6. The standard InChI is InChI=1S/C51H35N3/c1-51(2)43-25-13-11-23-38(43)48-37(24-15-26-44(48)51)40-31-45-42(30-39(40)32-16-5-3-6-17-32)49(33-18-7-4-8-19-33)53-50(52-45)54-46-27-14-12-22-36(46)41-28-34-20-9-10-21-35(34)29-47(41)54/h3-31H,1-2H3. The predicted molar refractivity (Wildman–Crippen MR) is 225 cm³/mol. The molecule has 1 aliphatic rings. The molecule has 2 aromatic heterocycles. The molecule has 8 aromatic carbocycles. The number of fused-ring (bicyclic) bond motifs is 8. The van der Waals surface area contributed by atoms with Crippen LogP contribution in [0.25, 0.3) is 94.1 Å². The minimum atomic E-state index is -0.109. The molecule has 3 nitrogen and oxygen atoms in total. The molecule has 254 valence electrons. The van der Waals surface area contributed by atoms with Gasteiger partial charge >= 0.3 is 0 Å². The zero-order chi connectivity index (χ0) is 36.0. The molecule has 0 amide bonds. The maximum atomic E-state index is 5.52. The van der Waals surface area contributed by atoms with Gasteiger partial charge in [-0.25, -0.2) is 9.97 Å². The Morgan fingerprint density at radius 2 is 1.07 bits per heavy atom. The van der Waals surface area contributed by atoms with Crippen molar-refractivity contribution in [2.45, 2.75) is 19.3 Å². The average molecular weight is 690 g/mol. The molecular formula is C51H35N3. The van der Waals surface area contributed by atoms with Gasteiger partial charge in [-0.2, -0.15) is 0 Å². The van der Waals surface area contributed by atoms with E-state index in [0.29, 0.717) is 5.95 Å². The van der Waals surface area contributed by atoms with Gasteiger partial charge in [0.15, 0.2) is 0 Å². The monoisotopic (exact) mass is 689 g/mol. The highest BCUT2D eigenvalue weighted by Gasteiger charge is 2.37. The molecule has 0 atom stereocenters. The number of hydrogen-bond acceptors (Lipinski definition) is 2. The summed E-state index contributed by atoms with van der Waals surface area (Å²) >= 11 is 0. The Balaban J connectivity index is 1.27. The molecule has 0 saturated heterocycles. The van der Waals surface area contributed by atoms with Crippen LogP contribution < -0.4 is 0 Å². The van der Waals surface area contributed by atoms with Crippen LogP contribution in [0.3, 0.4) is 0 Å². The van der Waals surface area contributed by atoms with Gasteiger partial charge in [-0.15, -0.1) is 0 Å². The van der Waals surface area contributed by atoms with Crippen molar-refractivity contribution in [3.63, 3.8) is 0 Å². The van der Waals surface area contributed by atoms with E-state index in [1.54, 1.807) is 0 Å². The van der Waals surface area contributed by atoms with Crippen molar-refractivity contribution in [3.8, 4) is 50.6 Å². The summed E-state index contributed by atoms with van der Waals surface area (Å²) in [6.07, 6.45) is 0. The van der Waals surface area contributed by atoms with E-state index in [-0.39, 0.29) is 5.41 Å². The Labute approximate surface area is 313 Å². The summed E-state index contributed by atoms with van der Waals surface area (Å²) in [4.78, 5) is 11.0. The highest BCUT2D eigenvalue weighted by atomic mass is 15.2. The minimum Gasteiger partial charge on any atom is -0.278 e. The number of benzene rings is 8. The maximum Gasteiger partial charge on any atom is 0.235 e. The lowest BCUT2D eigenvalue weighted by Gasteiger charge is -2.22. The van der Waals surface area contributed by atoms with E-state index in [4.69, 9.17) is 9.97 Å². The first-order valence-electron chi connectivity index (χ1n) is 18.7. The number of rotatable bonds is 4. The first-order valence-corrected chi connectivity index (χ1v) is 18.7. The quantitative estimate of drug-likeness (QED) is 0.184. The summed E-state index contributed by atoms with van der Waals surface area (Å²) in [6, 6.07) is 63.5. The highest BCUT2D eigenvalue weighted by molar-refractivity contribution is 6.14. The topological polar surface area (TPSA) is 30.7 Å². The van der Waals surface area contributed by atoms with Gasteiger partial charge in [-0.1, -0.05) is 159 Å². The van der Waals surface area contributed by atoms with E-state index < -0.39 is 0 Å². The molecule has 54 heavy (non-hydrogen) atoms. The fourth-order valence-electron chi connectivity index (χ4n) is 9.01. The summed E-state index contributed by atoms with van der Waals surface area (Å²) in [6.45, 7) is 4.70. The Kier molecular flexibility index (Phi) is 6.60. The molecule has 1 aliphatic carbocycles. The first kappa shape index (κ1) is 30.8. The molecule has 3 heteroatoms. The molecule has 0 bridgehead atoms. The van der Waals surface area contributed by atoms with Crippen LogP contribution >= 0.6 is 0 Å². The van der Waals surface area contributed by atoms with E-state index >= 15 is 0 Å². The smallest absolute Gasteiger partial charge is 0.235 e. The van der Waals surface area contributed by atoms with Crippen LogP contribution in [0.1, 0.15) is 25.0 Å². The Bertz CT molecular complexity index is 3120. The Hall–Kier alpha value is -6.84. The predicted octanol–water partition coefficient (Wildman–Crippen LogP) is 13.2. The zero-order valence-corrected chi connectivity index (χ0v) is 30.1. The molecular weight excluding hydrogens is 655 g/mol. The van der Waals surface area contributed by atoms with Crippen LogP contribution in [-0.2, 0) is 5.41 Å². The molecule has 2 heterocycles. The SMILES string of the molecule is CC1(C)c2ccccc2-c2c(-c3cc4nc(-n5c6ccccc6c6cc7ccccc7cc65)nc(-c5ccccc5)c4cc3-c3ccccc3)cccc21. The molecule has 0 aliphatic heterocycles. The van der Waals surface area contributed by atoms with Crippen molar-refractivity contribution in [1.29, 1.82) is 0 Å². The van der Waals surface area contributed by atoms with Gasteiger partial charge in [0.2, 0.25) is 5.95 Å². The number of aromatic nitrogens is 3. The maximum absolute atomic E-state index is 5.52. The van der Waals surface area contributed by atoms with E-state index in [9.17, 15) is 0 Å². The molecule has 0 unspecified atom stereocenters. The summed E-state index contributed by atoms with van der Waals surface area (Å²) in [5, 5.41) is 5.80. The van der Waals surface area contributed by atoms with Crippen LogP contribution in [0.2, 0.25) is 0 Å². The van der Waals surface area contributed by atoms with Crippen molar-refractivity contribution >= 4 is 43.5 Å². The molecule has 0 spiro atoms. The normalized spacial score (nSPS) is 13.1.